The number of nitrogens with two attached hydrogens (primary N) is 1. The minimum Gasteiger partial charge on any atom is -0.445 e. The van der Waals surface area contributed by atoms with E-state index in [4.69, 9.17) is 23.1 Å². The van der Waals surface area contributed by atoms with E-state index >= 15 is 0 Å². The van der Waals surface area contributed by atoms with E-state index in [1.54, 1.807) is 28.8 Å². The monoisotopic (exact) mass is 414 g/mol. The van der Waals surface area contributed by atoms with Crippen LogP contribution < -0.4 is 11.1 Å². The molecule has 1 fully saturated rings. The van der Waals surface area contributed by atoms with E-state index in [1.165, 1.54) is 12.1 Å². The van der Waals surface area contributed by atoms with Gasteiger partial charge in [-0.2, -0.15) is 24.4 Å². The highest BCUT2D eigenvalue weighted by atomic mass is 32.2. The fourth-order valence-corrected chi connectivity index (χ4v) is 4.33. The van der Waals surface area contributed by atoms with Crippen LogP contribution in [0.2, 0.25) is 0 Å². The number of nitro benzene ring substituents is 1. The van der Waals surface area contributed by atoms with Gasteiger partial charge in [-0.25, -0.2) is 9.59 Å². The van der Waals surface area contributed by atoms with Crippen LogP contribution in [-0.2, 0) is 11.3 Å². The minimum absolute atomic E-state index is 0.0122. The van der Waals surface area contributed by atoms with Gasteiger partial charge >= 0.3 is 12.1 Å². The van der Waals surface area contributed by atoms with Crippen LogP contribution in [0.25, 0.3) is 0 Å². The number of thiol groups is 1. The molecular weight excluding hydrogens is 392 g/mol. The second-order valence-corrected chi connectivity index (χ2v) is 8.00. The van der Waals surface area contributed by atoms with E-state index in [1.807, 2.05) is 0 Å². The third-order valence-corrected chi connectivity index (χ3v) is 6.08. The molecule has 0 saturated carbocycles. The number of hydrogen-bond donors (Lipinski definition) is 3. The molecule has 1 atom stereocenters. The van der Waals surface area contributed by atoms with Gasteiger partial charge in [0.2, 0.25) is 0 Å². The van der Waals surface area contributed by atoms with Gasteiger partial charge in [0.05, 0.1) is 9.79 Å². The molecule has 1 aromatic rings. The molecule has 27 heavy (non-hydrogen) atoms. The zero-order chi connectivity index (χ0) is 19.9. The molecule has 1 aliphatic heterocycles. The molecule has 0 aromatic heterocycles. The largest absolute Gasteiger partial charge is 0.445 e. The average Bonchev–Trinajstić information content (AvgIpc) is 3.01. The number of nitrogens with one attached hydrogen (secondary N) is 1. The summed E-state index contributed by atoms with van der Waals surface area (Å²) in [4.78, 5) is 34.3. The Morgan fingerprint density at radius 1 is 1.41 bits per heavy atom. The molecule has 0 radical (unpaired) electrons. The topological polar surface area (TPSA) is 128 Å². The predicted octanol–water partition coefficient (Wildman–Crippen LogP) is 2.35. The lowest BCUT2D eigenvalue weighted by Crippen LogP contribution is -2.45. The number of likely N-dealkylation sites (tertiary alicyclic amines) is 1. The van der Waals surface area contributed by atoms with Crippen molar-refractivity contribution in [1.82, 2.24) is 10.2 Å². The van der Waals surface area contributed by atoms with Crippen LogP contribution in [0.3, 0.4) is 0 Å². The summed E-state index contributed by atoms with van der Waals surface area (Å²) in [6, 6.07) is 5.31. The van der Waals surface area contributed by atoms with E-state index in [0.717, 1.165) is 12.8 Å². The number of ether oxygens (including phenoxy) is 1. The minimum atomic E-state index is -0.607. The van der Waals surface area contributed by atoms with Crippen LogP contribution >= 0.6 is 24.4 Å². The van der Waals surface area contributed by atoms with Crippen LogP contribution in [0.5, 0.6) is 0 Å². The quantitative estimate of drug-likeness (QED) is 0.259. The van der Waals surface area contributed by atoms with Crippen LogP contribution in [0.4, 0.5) is 15.3 Å². The van der Waals surface area contributed by atoms with Gasteiger partial charge in [-0.05, 0) is 30.5 Å². The predicted molar refractivity (Wildman–Crippen MR) is 106 cm³/mol. The second-order valence-electron chi connectivity index (χ2n) is 6.06. The molecule has 1 aromatic carbocycles. The number of benzene rings is 1. The SMILES string of the molecule is NC(=O)NCCSCC1(S)CCCN1C(=O)OCc1ccc([N+](=O)[O-])cc1. The number of hydrogen-bond acceptors (Lipinski definition) is 7. The molecule has 1 unspecified atom stereocenters. The highest BCUT2D eigenvalue weighted by Crippen LogP contribution is 2.36. The van der Waals surface area contributed by atoms with Crippen molar-refractivity contribution >= 4 is 42.2 Å². The molecule has 3 amide bonds. The molecule has 0 bridgehead atoms. The highest BCUT2D eigenvalue weighted by Gasteiger charge is 2.41. The Balaban J connectivity index is 1.82. The number of nitrogens with zero attached hydrogens (tertiary/aromatic N) is 2. The summed E-state index contributed by atoms with van der Waals surface area (Å²) in [7, 11) is 0. The Morgan fingerprint density at radius 2 is 2.11 bits per heavy atom. The number of rotatable bonds is 8. The van der Waals surface area contributed by atoms with Gasteiger partial charge in [-0.3, -0.25) is 15.0 Å². The molecule has 9 nitrogen and oxygen atoms in total. The Kier molecular flexibility index (Phi) is 7.60. The Labute approximate surface area is 166 Å². The van der Waals surface area contributed by atoms with Gasteiger partial charge in [0, 0.05) is 36.7 Å². The van der Waals surface area contributed by atoms with Crippen molar-refractivity contribution in [1.29, 1.82) is 0 Å². The first kappa shape index (κ1) is 21.2. The zero-order valence-electron chi connectivity index (χ0n) is 14.6. The van der Waals surface area contributed by atoms with Crippen molar-refractivity contribution in [2.75, 3.05) is 24.6 Å². The van der Waals surface area contributed by atoms with Gasteiger partial charge in [-0.15, -0.1) is 0 Å². The summed E-state index contributed by atoms with van der Waals surface area (Å²) in [5, 5.41) is 13.2. The van der Waals surface area contributed by atoms with E-state index in [2.05, 4.69) is 5.32 Å². The number of thioether (sulfide) groups is 1. The lowest BCUT2D eigenvalue weighted by molar-refractivity contribution is -0.384. The highest BCUT2D eigenvalue weighted by molar-refractivity contribution is 8.00. The molecule has 11 heteroatoms. The summed E-state index contributed by atoms with van der Waals surface area (Å²) in [6.45, 7) is 1.05. The molecule has 2 rings (SSSR count). The standard InChI is InChI=1S/C16H22N4O5S2/c17-14(21)18-7-9-27-11-16(26)6-1-8-19(16)15(22)25-10-12-2-4-13(5-3-12)20(23)24/h2-5,26H,1,6-11H2,(H3,17,18,21). The van der Waals surface area contributed by atoms with Gasteiger partial charge in [-0.1, -0.05) is 0 Å². The molecule has 1 saturated heterocycles. The van der Waals surface area contributed by atoms with Crippen molar-refractivity contribution in [3.63, 3.8) is 0 Å². The fraction of sp³-hybridized carbons (Fsp3) is 0.500. The number of carbonyl (C=O) groups is 2. The molecule has 148 valence electrons. The Morgan fingerprint density at radius 3 is 2.74 bits per heavy atom. The Hall–Kier alpha value is -2.14. The van der Waals surface area contributed by atoms with E-state index in [-0.39, 0.29) is 12.3 Å². The lowest BCUT2D eigenvalue weighted by Gasteiger charge is -2.33. The van der Waals surface area contributed by atoms with Crippen LogP contribution in [-0.4, -0.2) is 51.4 Å². The maximum absolute atomic E-state index is 12.5. The second kappa shape index (κ2) is 9.70. The summed E-state index contributed by atoms with van der Waals surface area (Å²) in [6.07, 6.45) is 1.12. The van der Waals surface area contributed by atoms with E-state index in [0.29, 0.717) is 30.2 Å². The zero-order valence-corrected chi connectivity index (χ0v) is 16.3. The molecule has 3 N–H and O–H groups in total. The number of nitro groups is 1. The van der Waals surface area contributed by atoms with Crippen LogP contribution in [0.1, 0.15) is 18.4 Å². The van der Waals surface area contributed by atoms with Gasteiger partial charge in [0.25, 0.3) is 5.69 Å². The maximum atomic E-state index is 12.5. The number of non-ortho nitro benzene ring substituents is 1. The first-order valence-electron chi connectivity index (χ1n) is 8.33. The number of primary amides is 1. The maximum Gasteiger partial charge on any atom is 0.411 e. The third kappa shape index (κ3) is 6.21. The van der Waals surface area contributed by atoms with Crippen LogP contribution in [0, 0.1) is 10.1 Å². The first-order valence-corrected chi connectivity index (χ1v) is 9.93. The molecule has 0 aliphatic carbocycles. The molecule has 1 aliphatic rings. The van der Waals surface area contributed by atoms with E-state index < -0.39 is 21.9 Å². The number of amides is 3. The third-order valence-electron chi connectivity index (χ3n) is 4.07. The summed E-state index contributed by atoms with van der Waals surface area (Å²) in [5.41, 5.74) is 5.67. The first-order chi connectivity index (χ1) is 12.8. The number of urea groups is 1. The summed E-state index contributed by atoms with van der Waals surface area (Å²) >= 11 is 6.26. The average molecular weight is 415 g/mol. The van der Waals surface area contributed by atoms with Crippen LogP contribution in [0.15, 0.2) is 24.3 Å². The van der Waals surface area contributed by atoms with E-state index in [9.17, 15) is 19.7 Å². The van der Waals surface area contributed by atoms with Gasteiger partial charge in [0.1, 0.15) is 6.61 Å². The summed E-state index contributed by atoms with van der Waals surface area (Å²) in [5.74, 6) is 1.26. The molecule has 0 spiro atoms. The van der Waals surface area contributed by atoms with Gasteiger partial charge < -0.3 is 15.8 Å². The van der Waals surface area contributed by atoms with Crippen molar-refractivity contribution < 1.29 is 19.2 Å². The molecule has 1 heterocycles. The Bertz CT molecular complexity index is 688. The van der Waals surface area contributed by atoms with Crippen molar-refractivity contribution in [2.24, 2.45) is 5.73 Å². The molecular formula is C16H22N4O5S2. The lowest BCUT2D eigenvalue weighted by atomic mass is 10.2. The van der Waals surface area contributed by atoms with Crippen molar-refractivity contribution in [2.45, 2.75) is 24.3 Å². The smallest absolute Gasteiger partial charge is 0.411 e. The summed E-state index contributed by atoms with van der Waals surface area (Å²) < 4.78 is 5.35. The van der Waals surface area contributed by atoms with Gasteiger partial charge in [0.15, 0.2) is 0 Å². The van der Waals surface area contributed by atoms with Crippen molar-refractivity contribution in [3.05, 3.63) is 39.9 Å². The fourth-order valence-electron chi connectivity index (χ4n) is 2.69. The normalized spacial score (nSPS) is 18.9. The van der Waals surface area contributed by atoms with Crippen molar-refractivity contribution in [3.8, 4) is 0 Å². The number of carbonyl (C=O) groups excluding carboxylic acids is 2.